The topological polar surface area (TPSA) is 67.6 Å². The molecule has 0 spiro atoms. The van der Waals surface area contributed by atoms with E-state index < -0.39 is 0 Å². The molecule has 3 rings (SSSR count). The number of aromatic nitrogens is 3. The van der Waals surface area contributed by atoms with E-state index in [-0.39, 0.29) is 0 Å². The quantitative estimate of drug-likeness (QED) is 0.700. The Morgan fingerprint density at radius 2 is 2.16 bits per heavy atom. The minimum Gasteiger partial charge on any atom is -0.399 e. The molecule has 3 aromatic rings. The number of anilines is 1. The van der Waals surface area contributed by atoms with E-state index in [2.05, 4.69) is 30.9 Å². The third-order valence-corrected chi connectivity index (χ3v) is 4.88. The Labute approximate surface area is 123 Å². The van der Waals surface area contributed by atoms with E-state index in [1.807, 2.05) is 31.2 Å². The first-order chi connectivity index (χ1) is 9.13. The summed E-state index contributed by atoms with van der Waals surface area (Å²) in [7, 11) is 0. The predicted molar refractivity (Wildman–Crippen MR) is 81.3 cm³/mol. The largest absolute Gasteiger partial charge is 0.399 e. The molecule has 0 aliphatic carbocycles. The molecule has 6 heteroatoms. The molecular weight excluding hydrogens is 324 g/mol. The molecule has 0 atom stereocenters. The number of nitrogens with two attached hydrogens (primary N) is 1. The van der Waals surface area contributed by atoms with Crippen LogP contribution in [0.2, 0.25) is 0 Å². The Bertz CT molecular complexity index is 753. The third kappa shape index (κ3) is 2.46. The maximum absolute atomic E-state index is 5.76. The molecular formula is C13H11BrN4S. The van der Waals surface area contributed by atoms with Crippen LogP contribution in [0.15, 0.2) is 45.1 Å². The smallest absolute Gasteiger partial charge is 0.172 e. The zero-order chi connectivity index (χ0) is 13.4. The highest BCUT2D eigenvalue weighted by atomic mass is 79.9. The number of nitrogens with one attached hydrogen (secondary N) is 1. The van der Waals surface area contributed by atoms with Crippen LogP contribution in [0.1, 0.15) is 5.56 Å². The molecule has 2 heterocycles. The number of rotatable bonds is 2. The van der Waals surface area contributed by atoms with Gasteiger partial charge in [-0.15, -0.1) is 0 Å². The predicted octanol–water partition coefficient (Wildman–Crippen LogP) is 3.76. The van der Waals surface area contributed by atoms with Gasteiger partial charge in [-0.2, -0.15) is 0 Å². The number of halogens is 1. The van der Waals surface area contributed by atoms with Gasteiger partial charge in [-0.05, 0) is 64.4 Å². The van der Waals surface area contributed by atoms with Crippen molar-refractivity contribution in [1.82, 2.24) is 15.0 Å². The lowest BCUT2D eigenvalue weighted by Gasteiger charge is -2.02. The minimum atomic E-state index is 0.725. The molecule has 0 amide bonds. The van der Waals surface area contributed by atoms with E-state index in [4.69, 9.17) is 5.73 Å². The van der Waals surface area contributed by atoms with Gasteiger partial charge in [-0.25, -0.2) is 9.97 Å². The number of aryl methyl sites for hydroxylation is 1. The zero-order valence-electron chi connectivity index (χ0n) is 10.1. The van der Waals surface area contributed by atoms with E-state index in [1.54, 1.807) is 6.20 Å². The molecule has 19 heavy (non-hydrogen) atoms. The lowest BCUT2D eigenvalue weighted by molar-refractivity contribution is 1.04. The summed E-state index contributed by atoms with van der Waals surface area (Å²) in [6.45, 7) is 2.04. The Morgan fingerprint density at radius 3 is 3.00 bits per heavy atom. The molecule has 3 N–H and O–H groups in total. The standard InChI is InChI=1S/C13H11BrN4S/c1-7-4-5-16-12(11(7)14)19-13-17-9-3-2-8(15)6-10(9)18-13/h2-6H,15H2,1H3,(H,17,18). The van der Waals surface area contributed by atoms with E-state index >= 15 is 0 Å². The fraction of sp³-hybridized carbons (Fsp3) is 0.0769. The van der Waals surface area contributed by atoms with E-state index in [1.165, 1.54) is 11.8 Å². The molecule has 4 nitrogen and oxygen atoms in total. The second-order valence-electron chi connectivity index (χ2n) is 4.17. The highest BCUT2D eigenvalue weighted by Crippen LogP contribution is 2.32. The fourth-order valence-corrected chi connectivity index (χ4v) is 3.06. The van der Waals surface area contributed by atoms with Crippen molar-refractivity contribution in [1.29, 1.82) is 0 Å². The lowest BCUT2D eigenvalue weighted by atomic mass is 10.3. The van der Waals surface area contributed by atoms with E-state index in [0.717, 1.165) is 36.9 Å². The second kappa shape index (κ2) is 4.86. The number of pyridine rings is 1. The number of aromatic amines is 1. The van der Waals surface area contributed by atoms with Crippen LogP contribution in [0.5, 0.6) is 0 Å². The van der Waals surface area contributed by atoms with Gasteiger partial charge in [0.1, 0.15) is 5.03 Å². The molecule has 0 unspecified atom stereocenters. The van der Waals surface area contributed by atoms with Crippen LogP contribution in [0.3, 0.4) is 0 Å². The average molecular weight is 335 g/mol. The summed E-state index contributed by atoms with van der Waals surface area (Å²) < 4.78 is 1.000. The van der Waals surface area contributed by atoms with Gasteiger partial charge in [0, 0.05) is 11.9 Å². The van der Waals surface area contributed by atoms with Crippen molar-refractivity contribution in [2.45, 2.75) is 17.1 Å². The van der Waals surface area contributed by atoms with Crippen molar-refractivity contribution in [3.63, 3.8) is 0 Å². The first kappa shape index (κ1) is 12.5. The summed E-state index contributed by atoms with van der Waals surface area (Å²) in [5, 5.41) is 1.70. The summed E-state index contributed by atoms with van der Waals surface area (Å²) in [6, 6.07) is 7.60. The average Bonchev–Trinajstić information content (AvgIpc) is 2.76. The first-order valence-electron chi connectivity index (χ1n) is 5.67. The number of imidazole rings is 1. The number of nitrogen functional groups attached to an aromatic ring is 1. The minimum absolute atomic E-state index is 0.725. The number of fused-ring (bicyclic) bond motifs is 1. The Balaban J connectivity index is 1.99. The molecule has 2 aromatic heterocycles. The van der Waals surface area contributed by atoms with Crippen LogP contribution in [0.25, 0.3) is 11.0 Å². The van der Waals surface area contributed by atoms with Crippen LogP contribution in [-0.4, -0.2) is 15.0 Å². The summed E-state index contributed by atoms with van der Waals surface area (Å²) in [6.07, 6.45) is 1.79. The van der Waals surface area contributed by atoms with Crippen LogP contribution in [-0.2, 0) is 0 Å². The van der Waals surface area contributed by atoms with Crippen molar-refractivity contribution in [2.75, 3.05) is 5.73 Å². The summed E-state index contributed by atoms with van der Waals surface area (Å²) in [5.41, 5.74) is 9.47. The van der Waals surface area contributed by atoms with Gasteiger partial charge in [-0.1, -0.05) is 0 Å². The van der Waals surface area contributed by atoms with Crippen LogP contribution in [0, 0.1) is 6.92 Å². The number of H-pyrrole nitrogens is 1. The van der Waals surface area contributed by atoms with Gasteiger partial charge < -0.3 is 10.7 Å². The van der Waals surface area contributed by atoms with Crippen molar-refractivity contribution < 1.29 is 0 Å². The number of hydrogen-bond acceptors (Lipinski definition) is 4. The first-order valence-corrected chi connectivity index (χ1v) is 7.28. The van der Waals surface area contributed by atoms with Crippen LogP contribution < -0.4 is 5.73 Å². The number of benzene rings is 1. The molecule has 96 valence electrons. The van der Waals surface area contributed by atoms with Gasteiger partial charge in [0.25, 0.3) is 0 Å². The Kier molecular flexibility index (Phi) is 3.20. The number of nitrogens with zero attached hydrogens (tertiary/aromatic N) is 2. The van der Waals surface area contributed by atoms with E-state index in [0.29, 0.717) is 0 Å². The summed E-state index contributed by atoms with van der Waals surface area (Å²) >= 11 is 5.04. The molecule has 0 bridgehead atoms. The van der Waals surface area contributed by atoms with E-state index in [9.17, 15) is 0 Å². The second-order valence-corrected chi connectivity index (χ2v) is 5.94. The normalized spacial score (nSPS) is 11.1. The maximum atomic E-state index is 5.76. The van der Waals surface area contributed by atoms with Gasteiger partial charge in [-0.3, -0.25) is 0 Å². The third-order valence-electron chi connectivity index (χ3n) is 2.73. The van der Waals surface area contributed by atoms with Crippen molar-refractivity contribution >= 4 is 44.4 Å². The van der Waals surface area contributed by atoms with Crippen LogP contribution >= 0.6 is 27.7 Å². The van der Waals surface area contributed by atoms with Crippen molar-refractivity contribution in [2.24, 2.45) is 0 Å². The van der Waals surface area contributed by atoms with Crippen molar-refractivity contribution in [3.05, 3.63) is 40.5 Å². The Hall–Kier alpha value is -1.53. The Morgan fingerprint density at radius 1 is 1.32 bits per heavy atom. The molecule has 0 aliphatic rings. The fourth-order valence-electron chi connectivity index (χ4n) is 1.73. The zero-order valence-corrected chi connectivity index (χ0v) is 12.5. The van der Waals surface area contributed by atoms with Gasteiger partial charge in [0.05, 0.1) is 15.5 Å². The summed E-state index contributed by atoms with van der Waals surface area (Å²) in [5.74, 6) is 0. The van der Waals surface area contributed by atoms with Gasteiger partial charge in [0.2, 0.25) is 0 Å². The van der Waals surface area contributed by atoms with Crippen molar-refractivity contribution in [3.8, 4) is 0 Å². The van der Waals surface area contributed by atoms with Gasteiger partial charge in [0.15, 0.2) is 5.16 Å². The molecule has 1 aromatic carbocycles. The molecule has 0 saturated carbocycles. The summed E-state index contributed by atoms with van der Waals surface area (Å²) in [4.78, 5) is 12.1. The monoisotopic (exact) mass is 334 g/mol. The van der Waals surface area contributed by atoms with Crippen LogP contribution in [0.4, 0.5) is 5.69 Å². The molecule has 0 radical (unpaired) electrons. The SMILES string of the molecule is Cc1ccnc(Sc2nc3ccc(N)cc3[nH]2)c1Br. The molecule has 0 aliphatic heterocycles. The molecule has 0 fully saturated rings. The lowest BCUT2D eigenvalue weighted by Crippen LogP contribution is -1.85. The maximum Gasteiger partial charge on any atom is 0.172 e. The molecule has 0 saturated heterocycles. The highest BCUT2D eigenvalue weighted by molar-refractivity contribution is 9.10. The van der Waals surface area contributed by atoms with Gasteiger partial charge >= 0.3 is 0 Å². The highest BCUT2D eigenvalue weighted by Gasteiger charge is 2.09. The number of hydrogen-bond donors (Lipinski definition) is 2.